The van der Waals surface area contributed by atoms with Gasteiger partial charge in [0.2, 0.25) is 0 Å². The van der Waals surface area contributed by atoms with Crippen molar-refractivity contribution in [1.82, 2.24) is 0 Å². The molecule has 0 spiro atoms. The Morgan fingerprint density at radius 2 is 2.13 bits per heavy atom. The van der Waals surface area contributed by atoms with E-state index in [0.29, 0.717) is 17.1 Å². The van der Waals surface area contributed by atoms with Crippen molar-refractivity contribution >= 4 is 28.6 Å². The number of benzene rings is 1. The molecule has 2 rings (SSSR count). The Morgan fingerprint density at radius 1 is 1.40 bits per heavy atom. The van der Waals surface area contributed by atoms with Crippen molar-refractivity contribution in [2.24, 2.45) is 0 Å². The third-order valence-electron chi connectivity index (χ3n) is 2.28. The molecule has 0 bridgehead atoms. The first-order valence-corrected chi connectivity index (χ1v) is 5.37. The van der Waals surface area contributed by atoms with Crippen LogP contribution in [0, 0.1) is 3.57 Å². The number of hydrogen-bond donors (Lipinski definition) is 0. The van der Waals surface area contributed by atoms with Crippen molar-refractivity contribution < 1.29 is 19.0 Å². The fourth-order valence-corrected chi connectivity index (χ4v) is 2.47. The first-order valence-electron chi connectivity index (χ1n) is 4.29. The van der Waals surface area contributed by atoms with Crippen molar-refractivity contribution in [2.45, 2.75) is 6.61 Å². The normalized spacial score (nSPS) is 13.4. The van der Waals surface area contributed by atoms with Crippen molar-refractivity contribution in [3.05, 3.63) is 20.8 Å². The second kappa shape index (κ2) is 3.88. The summed E-state index contributed by atoms with van der Waals surface area (Å²) in [7, 11) is 3.13. The van der Waals surface area contributed by atoms with Gasteiger partial charge < -0.3 is 14.2 Å². The smallest absolute Gasteiger partial charge is 0.339 e. The number of ether oxygens (including phenoxy) is 3. The summed E-state index contributed by atoms with van der Waals surface area (Å²) in [6.45, 7) is 0.275. The van der Waals surface area contributed by atoms with E-state index in [1.165, 1.54) is 0 Å². The lowest BCUT2D eigenvalue weighted by atomic mass is 10.1. The van der Waals surface area contributed by atoms with Gasteiger partial charge in [0, 0.05) is 5.56 Å². The van der Waals surface area contributed by atoms with Gasteiger partial charge in [-0.2, -0.15) is 0 Å². The van der Waals surface area contributed by atoms with E-state index in [1.807, 2.05) is 0 Å². The minimum Gasteiger partial charge on any atom is -0.495 e. The van der Waals surface area contributed by atoms with E-state index >= 15 is 0 Å². The number of carbonyl (C=O) groups is 1. The molecule has 1 aromatic carbocycles. The summed E-state index contributed by atoms with van der Waals surface area (Å²) in [4.78, 5) is 11.4. The molecular formula is C10H9IO4. The van der Waals surface area contributed by atoms with Gasteiger partial charge in [-0.05, 0) is 28.7 Å². The minimum absolute atomic E-state index is 0.275. The quantitative estimate of drug-likeness (QED) is 0.617. The van der Waals surface area contributed by atoms with Crippen LogP contribution in [0.15, 0.2) is 6.07 Å². The maximum atomic E-state index is 11.4. The Labute approximate surface area is 101 Å². The molecule has 15 heavy (non-hydrogen) atoms. The number of rotatable bonds is 2. The molecule has 80 valence electrons. The SMILES string of the molecule is COc1cc2c(c(OC)c1I)COC2=O. The summed E-state index contributed by atoms with van der Waals surface area (Å²) < 4.78 is 16.2. The number of halogens is 1. The second-order valence-electron chi connectivity index (χ2n) is 3.03. The summed E-state index contributed by atoms with van der Waals surface area (Å²) in [5.41, 5.74) is 1.33. The van der Waals surface area contributed by atoms with E-state index in [-0.39, 0.29) is 12.6 Å². The number of fused-ring (bicyclic) bond motifs is 1. The average Bonchev–Trinajstić information content (AvgIpc) is 2.59. The Kier molecular flexibility index (Phi) is 2.72. The molecule has 5 heteroatoms. The average molecular weight is 320 g/mol. The van der Waals surface area contributed by atoms with Gasteiger partial charge in [-0.3, -0.25) is 0 Å². The van der Waals surface area contributed by atoms with Crippen LogP contribution >= 0.6 is 22.6 Å². The second-order valence-corrected chi connectivity index (χ2v) is 4.11. The summed E-state index contributed by atoms with van der Waals surface area (Å²) in [5, 5.41) is 0. The van der Waals surface area contributed by atoms with Crippen LogP contribution in [0.4, 0.5) is 0 Å². The largest absolute Gasteiger partial charge is 0.495 e. The van der Waals surface area contributed by atoms with Crippen molar-refractivity contribution in [3.63, 3.8) is 0 Å². The topological polar surface area (TPSA) is 44.8 Å². The Hall–Kier alpha value is -0.980. The predicted octanol–water partition coefficient (Wildman–Crippen LogP) is 1.98. The lowest BCUT2D eigenvalue weighted by Gasteiger charge is -2.11. The van der Waals surface area contributed by atoms with E-state index in [2.05, 4.69) is 22.6 Å². The third kappa shape index (κ3) is 1.54. The Morgan fingerprint density at radius 3 is 2.73 bits per heavy atom. The molecule has 1 aliphatic heterocycles. The number of carbonyl (C=O) groups excluding carboxylic acids is 1. The lowest BCUT2D eigenvalue weighted by molar-refractivity contribution is 0.0534. The van der Waals surface area contributed by atoms with Crippen LogP contribution in [0.25, 0.3) is 0 Å². The minimum atomic E-state index is -0.321. The highest BCUT2D eigenvalue weighted by atomic mass is 127. The van der Waals surface area contributed by atoms with Gasteiger partial charge in [-0.1, -0.05) is 0 Å². The number of cyclic esters (lactones) is 1. The zero-order valence-electron chi connectivity index (χ0n) is 8.30. The molecule has 0 aliphatic carbocycles. The van der Waals surface area contributed by atoms with Gasteiger partial charge in [-0.15, -0.1) is 0 Å². The fourth-order valence-electron chi connectivity index (χ4n) is 1.55. The molecule has 0 aromatic heterocycles. The molecule has 0 amide bonds. The van der Waals surface area contributed by atoms with Gasteiger partial charge in [0.05, 0.1) is 23.4 Å². The number of methoxy groups -OCH3 is 2. The fraction of sp³-hybridized carbons (Fsp3) is 0.300. The summed E-state index contributed by atoms with van der Waals surface area (Å²) in [6, 6.07) is 1.69. The number of esters is 1. The first-order chi connectivity index (χ1) is 7.19. The van der Waals surface area contributed by atoms with Crippen LogP contribution in [0.1, 0.15) is 15.9 Å². The molecule has 0 fully saturated rings. The van der Waals surface area contributed by atoms with Crippen LogP contribution < -0.4 is 9.47 Å². The molecule has 0 unspecified atom stereocenters. The molecule has 0 saturated carbocycles. The zero-order chi connectivity index (χ0) is 11.0. The van der Waals surface area contributed by atoms with Crippen molar-refractivity contribution in [3.8, 4) is 11.5 Å². The van der Waals surface area contributed by atoms with E-state index in [1.54, 1.807) is 20.3 Å². The van der Waals surface area contributed by atoms with Crippen LogP contribution in [0.5, 0.6) is 11.5 Å². The monoisotopic (exact) mass is 320 g/mol. The van der Waals surface area contributed by atoms with Crippen LogP contribution in [-0.2, 0) is 11.3 Å². The Bertz CT molecular complexity index is 428. The maximum absolute atomic E-state index is 11.4. The molecule has 0 radical (unpaired) electrons. The standard InChI is InChI=1S/C10H9IO4/c1-13-7-3-5-6(4-15-10(5)12)9(14-2)8(7)11/h3H,4H2,1-2H3. The molecule has 0 saturated heterocycles. The van der Waals surface area contributed by atoms with Crippen molar-refractivity contribution in [2.75, 3.05) is 14.2 Å². The summed E-state index contributed by atoms with van der Waals surface area (Å²) >= 11 is 2.12. The van der Waals surface area contributed by atoms with E-state index in [0.717, 1.165) is 9.13 Å². The highest BCUT2D eigenvalue weighted by molar-refractivity contribution is 14.1. The number of hydrogen-bond acceptors (Lipinski definition) is 4. The summed E-state index contributed by atoms with van der Waals surface area (Å²) in [6.07, 6.45) is 0. The molecule has 1 aromatic rings. The lowest BCUT2D eigenvalue weighted by Crippen LogP contribution is -1.99. The van der Waals surface area contributed by atoms with Crippen LogP contribution in [0.2, 0.25) is 0 Å². The Balaban J connectivity index is 2.68. The molecule has 1 heterocycles. The maximum Gasteiger partial charge on any atom is 0.339 e. The first kappa shape index (κ1) is 10.5. The zero-order valence-corrected chi connectivity index (χ0v) is 10.5. The van der Waals surface area contributed by atoms with Crippen LogP contribution in [-0.4, -0.2) is 20.2 Å². The van der Waals surface area contributed by atoms with Gasteiger partial charge >= 0.3 is 5.97 Å². The van der Waals surface area contributed by atoms with E-state index < -0.39 is 0 Å². The highest BCUT2D eigenvalue weighted by Gasteiger charge is 2.28. The van der Waals surface area contributed by atoms with E-state index in [4.69, 9.17) is 14.2 Å². The highest BCUT2D eigenvalue weighted by Crippen LogP contribution is 2.39. The molecule has 4 nitrogen and oxygen atoms in total. The van der Waals surface area contributed by atoms with E-state index in [9.17, 15) is 4.79 Å². The van der Waals surface area contributed by atoms with Gasteiger partial charge in [0.1, 0.15) is 18.1 Å². The molecule has 1 aliphatic rings. The van der Waals surface area contributed by atoms with Gasteiger partial charge in [0.15, 0.2) is 0 Å². The van der Waals surface area contributed by atoms with Crippen LogP contribution in [0.3, 0.4) is 0 Å². The van der Waals surface area contributed by atoms with Crippen molar-refractivity contribution in [1.29, 1.82) is 0 Å². The van der Waals surface area contributed by atoms with Gasteiger partial charge in [0.25, 0.3) is 0 Å². The summed E-state index contributed by atoms with van der Waals surface area (Å²) in [5.74, 6) is 0.971. The molecule has 0 atom stereocenters. The molecular weight excluding hydrogens is 311 g/mol. The molecule has 0 N–H and O–H groups in total. The predicted molar refractivity (Wildman–Crippen MR) is 61.4 cm³/mol. The van der Waals surface area contributed by atoms with Gasteiger partial charge in [-0.25, -0.2) is 4.79 Å². The third-order valence-corrected chi connectivity index (χ3v) is 3.30.